The summed E-state index contributed by atoms with van der Waals surface area (Å²) in [5, 5.41) is 0.685. The van der Waals surface area contributed by atoms with E-state index in [2.05, 4.69) is 0 Å². The molecular weight excluding hydrogens is 294 g/mol. The van der Waals surface area contributed by atoms with Gasteiger partial charge in [0.15, 0.2) is 0 Å². The number of amides is 1. The lowest BCUT2D eigenvalue weighted by Gasteiger charge is -2.31. The Bertz CT molecular complexity index is 503. The largest absolute Gasteiger partial charge is 0.381 e. The first-order valence-electron chi connectivity index (χ1n) is 7.04. The Balaban J connectivity index is 1.74. The van der Waals surface area contributed by atoms with Gasteiger partial charge < -0.3 is 9.64 Å². The first-order chi connectivity index (χ1) is 9.74. The monoisotopic (exact) mass is 311 g/mol. The third-order valence-electron chi connectivity index (χ3n) is 3.80. The Hall–Kier alpha value is -0.710. The van der Waals surface area contributed by atoms with Crippen LogP contribution in [0.25, 0.3) is 0 Å². The Morgan fingerprint density at radius 1 is 1.50 bits per heavy atom. The van der Waals surface area contributed by atoms with Gasteiger partial charge in [0.1, 0.15) is 0 Å². The molecule has 2 aliphatic rings. The van der Waals surface area contributed by atoms with Crippen LogP contribution in [0, 0.1) is 5.92 Å². The van der Waals surface area contributed by atoms with Crippen LogP contribution in [0.15, 0.2) is 23.1 Å². The summed E-state index contributed by atoms with van der Waals surface area (Å²) in [5.74, 6) is 1.51. The molecule has 1 fully saturated rings. The predicted molar refractivity (Wildman–Crippen MR) is 82.7 cm³/mol. The Labute approximate surface area is 128 Å². The third-order valence-corrected chi connectivity index (χ3v) is 5.08. The molecule has 0 bridgehead atoms. The number of nitrogens with zero attached hydrogens (tertiary/aromatic N) is 1. The smallest absolute Gasteiger partial charge is 0.227 e. The summed E-state index contributed by atoms with van der Waals surface area (Å²) in [6.45, 7) is 2.32. The van der Waals surface area contributed by atoms with Crippen LogP contribution in [0.2, 0.25) is 5.02 Å². The molecule has 1 amide bonds. The molecule has 3 rings (SSSR count). The van der Waals surface area contributed by atoms with E-state index >= 15 is 0 Å². The van der Waals surface area contributed by atoms with Crippen molar-refractivity contribution < 1.29 is 9.53 Å². The van der Waals surface area contributed by atoms with Crippen LogP contribution >= 0.6 is 23.4 Å². The summed E-state index contributed by atoms with van der Waals surface area (Å²) >= 11 is 7.86. The Kier molecular flexibility index (Phi) is 4.54. The number of carbonyl (C=O) groups excluding carboxylic acids is 1. The van der Waals surface area contributed by atoms with Crippen molar-refractivity contribution in [3.8, 4) is 0 Å². The lowest BCUT2D eigenvalue weighted by Crippen LogP contribution is -2.37. The van der Waals surface area contributed by atoms with Crippen LogP contribution in [0.3, 0.4) is 0 Å². The zero-order valence-corrected chi connectivity index (χ0v) is 12.9. The van der Waals surface area contributed by atoms with Crippen molar-refractivity contribution in [2.75, 3.05) is 30.4 Å². The van der Waals surface area contributed by atoms with Gasteiger partial charge in [-0.05, 0) is 37.0 Å². The molecule has 0 N–H and O–H groups in total. The van der Waals surface area contributed by atoms with Crippen molar-refractivity contribution in [2.24, 2.45) is 5.92 Å². The van der Waals surface area contributed by atoms with E-state index in [4.69, 9.17) is 16.3 Å². The Morgan fingerprint density at radius 3 is 3.20 bits per heavy atom. The quantitative estimate of drug-likeness (QED) is 0.836. The highest BCUT2D eigenvalue weighted by atomic mass is 35.5. The minimum atomic E-state index is 0.198. The van der Waals surface area contributed by atoms with Crippen LogP contribution in [0.4, 0.5) is 5.69 Å². The number of carbonyl (C=O) groups is 1. The second-order valence-corrected chi connectivity index (χ2v) is 6.87. The van der Waals surface area contributed by atoms with Gasteiger partial charge in [-0.1, -0.05) is 11.6 Å². The van der Waals surface area contributed by atoms with Crippen molar-refractivity contribution in [3.63, 3.8) is 0 Å². The number of thioether (sulfide) groups is 1. The van der Waals surface area contributed by atoms with Crippen molar-refractivity contribution >= 4 is 35.0 Å². The molecule has 0 aromatic heterocycles. The van der Waals surface area contributed by atoms with Gasteiger partial charge in [-0.2, -0.15) is 0 Å². The van der Waals surface area contributed by atoms with Gasteiger partial charge in [0, 0.05) is 41.9 Å². The zero-order valence-electron chi connectivity index (χ0n) is 11.3. The van der Waals surface area contributed by atoms with Crippen LogP contribution < -0.4 is 4.90 Å². The highest BCUT2D eigenvalue weighted by molar-refractivity contribution is 7.99. The standard InChI is InChI=1S/C15H18ClNO2S/c16-12-3-4-14-13(9-12)17(5-7-20-14)15(18)8-11-2-1-6-19-10-11/h3-4,9,11H,1-2,5-8,10H2. The highest BCUT2D eigenvalue weighted by Crippen LogP contribution is 2.37. The molecule has 20 heavy (non-hydrogen) atoms. The molecule has 5 heteroatoms. The van der Waals surface area contributed by atoms with Crippen LogP contribution in [0.1, 0.15) is 19.3 Å². The molecule has 3 nitrogen and oxygen atoms in total. The highest BCUT2D eigenvalue weighted by Gasteiger charge is 2.26. The first kappa shape index (κ1) is 14.2. The van der Waals surface area contributed by atoms with E-state index in [0.717, 1.165) is 48.9 Å². The number of halogens is 1. The number of benzene rings is 1. The van der Waals surface area contributed by atoms with Gasteiger partial charge in [-0.3, -0.25) is 4.79 Å². The molecule has 1 aromatic carbocycles. The summed E-state index contributed by atoms with van der Waals surface area (Å²) in [5.41, 5.74) is 0.968. The van der Waals surface area contributed by atoms with Crippen molar-refractivity contribution in [3.05, 3.63) is 23.2 Å². The van der Waals surface area contributed by atoms with E-state index < -0.39 is 0 Å². The van der Waals surface area contributed by atoms with Gasteiger partial charge in [0.25, 0.3) is 0 Å². The molecule has 108 valence electrons. The fourth-order valence-corrected chi connectivity index (χ4v) is 3.92. The number of fused-ring (bicyclic) bond motifs is 1. The number of ether oxygens (including phenoxy) is 1. The van der Waals surface area contributed by atoms with Crippen molar-refractivity contribution in [1.29, 1.82) is 0 Å². The lowest BCUT2D eigenvalue weighted by molar-refractivity contribution is -0.120. The van der Waals surface area contributed by atoms with Crippen LogP contribution in [-0.2, 0) is 9.53 Å². The topological polar surface area (TPSA) is 29.5 Å². The predicted octanol–water partition coefficient (Wildman–Crippen LogP) is 3.60. The van der Waals surface area contributed by atoms with E-state index in [1.54, 1.807) is 11.8 Å². The van der Waals surface area contributed by atoms with E-state index in [1.807, 2.05) is 23.1 Å². The first-order valence-corrected chi connectivity index (χ1v) is 8.41. The van der Waals surface area contributed by atoms with E-state index in [-0.39, 0.29) is 5.91 Å². The molecule has 1 unspecified atom stereocenters. The van der Waals surface area contributed by atoms with E-state index in [9.17, 15) is 4.79 Å². The molecule has 1 aromatic rings. The van der Waals surface area contributed by atoms with Gasteiger partial charge >= 0.3 is 0 Å². The minimum Gasteiger partial charge on any atom is -0.381 e. The maximum Gasteiger partial charge on any atom is 0.227 e. The van der Waals surface area contributed by atoms with E-state index in [0.29, 0.717) is 17.4 Å². The SMILES string of the molecule is O=C(CC1CCCOC1)N1CCSc2ccc(Cl)cc21. The normalized spacial score (nSPS) is 22.4. The second-order valence-electron chi connectivity index (χ2n) is 5.29. The third kappa shape index (κ3) is 3.13. The number of hydrogen-bond donors (Lipinski definition) is 0. The minimum absolute atomic E-state index is 0.198. The number of rotatable bonds is 2. The second kappa shape index (κ2) is 6.37. The molecule has 1 saturated heterocycles. The number of anilines is 1. The summed E-state index contributed by atoms with van der Waals surface area (Å²) in [6, 6.07) is 5.79. The fourth-order valence-electron chi connectivity index (χ4n) is 2.78. The summed E-state index contributed by atoms with van der Waals surface area (Å²) in [7, 11) is 0. The molecule has 0 radical (unpaired) electrons. The average Bonchev–Trinajstić information content (AvgIpc) is 2.47. The van der Waals surface area contributed by atoms with Gasteiger partial charge in [-0.25, -0.2) is 0 Å². The van der Waals surface area contributed by atoms with Crippen molar-refractivity contribution in [2.45, 2.75) is 24.2 Å². The van der Waals surface area contributed by atoms with Crippen LogP contribution in [0.5, 0.6) is 0 Å². The maximum atomic E-state index is 12.6. The molecule has 0 spiro atoms. The average molecular weight is 312 g/mol. The van der Waals surface area contributed by atoms with E-state index in [1.165, 1.54) is 0 Å². The maximum absolute atomic E-state index is 12.6. The molecule has 2 heterocycles. The lowest BCUT2D eigenvalue weighted by atomic mass is 9.98. The molecule has 2 aliphatic heterocycles. The fraction of sp³-hybridized carbons (Fsp3) is 0.533. The summed E-state index contributed by atoms with van der Waals surface area (Å²) in [4.78, 5) is 15.6. The van der Waals surface area contributed by atoms with Gasteiger partial charge in [0.2, 0.25) is 5.91 Å². The summed E-state index contributed by atoms with van der Waals surface area (Å²) in [6.07, 6.45) is 2.74. The molecule has 1 atom stereocenters. The van der Waals surface area contributed by atoms with Gasteiger partial charge in [-0.15, -0.1) is 11.8 Å². The number of hydrogen-bond acceptors (Lipinski definition) is 3. The molecule has 0 aliphatic carbocycles. The Morgan fingerprint density at radius 2 is 2.40 bits per heavy atom. The van der Waals surface area contributed by atoms with Gasteiger partial charge in [0.05, 0.1) is 5.69 Å². The zero-order chi connectivity index (χ0) is 13.9. The molecular formula is C15H18ClNO2S. The summed E-state index contributed by atoms with van der Waals surface area (Å²) < 4.78 is 5.46. The van der Waals surface area contributed by atoms with Crippen LogP contribution in [-0.4, -0.2) is 31.4 Å². The van der Waals surface area contributed by atoms with Crippen molar-refractivity contribution in [1.82, 2.24) is 0 Å². The molecule has 0 saturated carbocycles.